The zero-order chi connectivity index (χ0) is 13.4. The molecule has 0 radical (unpaired) electrons. The molecule has 2 unspecified atom stereocenters. The summed E-state index contributed by atoms with van der Waals surface area (Å²) in [4.78, 5) is 0. The molecular formula is C14H18Br2Cl2. The Bertz CT molecular complexity index is 311. The van der Waals surface area contributed by atoms with Crippen LogP contribution in [-0.2, 0) is 12.8 Å². The lowest BCUT2D eigenvalue weighted by Crippen LogP contribution is -1.94. The summed E-state index contributed by atoms with van der Waals surface area (Å²) in [5, 5.41) is 0. The molecule has 0 nitrogen and oxygen atoms in total. The minimum atomic E-state index is 0.0975. The van der Waals surface area contributed by atoms with Crippen molar-refractivity contribution in [3.8, 4) is 0 Å². The lowest BCUT2D eigenvalue weighted by Gasteiger charge is -2.06. The highest BCUT2D eigenvalue weighted by Gasteiger charge is 2.02. The largest absolute Gasteiger partial charge is 0.110 e. The number of alkyl halides is 4. The fraction of sp³-hybridized carbons (Fsp3) is 0.571. The minimum absolute atomic E-state index is 0.0975. The highest BCUT2D eigenvalue weighted by atomic mass is 79.9. The van der Waals surface area contributed by atoms with Crippen LogP contribution >= 0.6 is 55.1 Å². The monoisotopic (exact) mass is 414 g/mol. The predicted molar refractivity (Wildman–Crippen MR) is 89.5 cm³/mol. The minimum Gasteiger partial charge on any atom is -0.110 e. The van der Waals surface area contributed by atoms with Crippen LogP contribution in [0.5, 0.6) is 0 Å². The molecule has 0 aliphatic heterocycles. The number of benzene rings is 1. The zero-order valence-corrected chi connectivity index (χ0v) is 14.9. The predicted octanol–water partition coefficient (Wildman–Crippen LogP) is 6.25. The van der Waals surface area contributed by atoms with Gasteiger partial charge < -0.3 is 0 Å². The number of aryl methyl sites for hydroxylation is 2. The van der Waals surface area contributed by atoms with Gasteiger partial charge in [0, 0.05) is 0 Å². The van der Waals surface area contributed by atoms with Crippen molar-refractivity contribution in [2.75, 3.05) is 0 Å². The van der Waals surface area contributed by atoms with Gasteiger partial charge in [-0.25, -0.2) is 0 Å². The molecule has 0 N–H and O–H groups in total. The molecule has 1 rings (SSSR count). The summed E-state index contributed by atoms with van der Waals surface area (Å²) >= 11 is 18.5. The van der Waals surface area contributed by atoms with Crippen LogP contribution < -0.4 is 0 Å². The van der Waals surface area contributed by atoms with E-state index in [2.05, 4.69) is 56.1 Å². The first kappa shape index (κ1) is 16.8. The van der Waals surface area contributed by atoms with Gasteiger partial charge >= 0.3 is 0 Å². The average Bonchev–Trinajstić information content (AvgIpc) is 2.28. The lowest BCUT2D eigenvalue weighted by atomic mass is 10.0. The van der Waals surface area contributed by atoms with Crippen LogP contribution in [0.15, 0.2) is 24.3 Å². The van der Waals surface area contributed by atoms with E-state index < -0.39 is 0 Å². The Hall–Kier alpha value is 0.760. The molecule has 2 atom stereocenters. The van der Waals surface area contributed by atoms with Crippen LogP contribution in [-0.4, -0.2) is 8.57 Å². The summed E-state index contributed by atoms with van der Waals surface area (Å²) in [5.74, 6) is 0. The standard InChI is InChI=1S/C14H18Br2Cl2/c15-13(17)8-2-6-11-4-1-5-12(10-11)7-3-9-14(16)18/h1,4-5,10,13-14H,2-3,6-9H2. The Morgan fingerprint density at radius 2 is 1.33 bits per heavy atom. The maximum atomic E-state index is 5.87. The Balaban J connectivity index is 2.36. The molecule has 18 heavy (non-hydrogen) atoms. The van der Waals surface area contributed by atoms with Gasteiger partial charge in [-0.2, -0.15) is 0 Å². The summed E-state index contributed by atoms with van der Waals surface area (Å²) < 4.78 is 0.195. The van der Waals surface area contributed by atoms with Crippen molar-refractivity contribution in [3.63, 3.8) is 0 Å². The van der Waals surface area contributed by atoms with Crippen LogP contribution in [0.4, 0.5) is 0 Å². The van der Waals surface area contributed by atoms with Gasteiger partial charge in [-0.05, 0) is 49.7 Å². The van der Waals surface area contributed by atoms with E-state index in [-0.39, 0.29) is 8.57 Å². The molecule has 0 aliphatic carbocycles. The maximum absolute atomic E-state index is 5.87. The number of hydrogen-bond donors (Lipinski definition) is 0. The molecular weight excluding hydrogens is 399 g/mol. The first-order valence-electron chi connectivity index (χ1n) is 6.22. The molecule has 102 valence electrons. The second-order valence-corrected chi connectivity index (χ2v) is 8.71. The molecule has 0 amide bonds. The quantitative estimate of drug-likeness (QED) is 0.439. The Morgan fingerprint density at radius 3 is 1.72 bits per heavy atom. The van der Waals surface area contributed by atoms with Gasteiger partial charge in [0.2, 0.25) is 0 Å². The lowest BCUT2D eigenvalue weighted by molar-refractivity contribution is 0.772. The van der Waals surface area contributed by atoms with Crippen molar-refractivity contribution in [3.05, 3.63) is 35.4 Å². The first-order chi connectivity index (χ1) is 8.58. The number of rotatable bonds is 8. The molecule has 0 aromatic heterocycles. The third kappa shape index (κ3) is 8.04. The highest BCUT2D eigenvalue weighted by molar-refractivity contribution is 9.10. The van der Waals surface area contributed by atoms with Crippen LogP contribution in [0.25, 0.3) is 0 Å². The van der Waals surface area contributed by atoms with Gasteiger partial charge in [0.1, 0.15) is 0 Å². The van der Waals surface area contributed by atoms with Crippen molar-refractivity contribution in [2.24, 2.45) is 0 Å². The highest BCUT2D eigenvalue weighted by Crippen LogP contribution is 2.18. The molecule has 0 aliphatic rings. The third-order valence-electron chi connectivity index (χ3n) is 2.77. The number of hydrogen-bond acceptors (Lipinski definition) is 0. The second kappa shape index (κ2) is 9.63. The van der Waals surface area contributed by atoms with Crippen molar-refractivity contribution in [2.45, 2.75) is 47.1 Å². The van der Waals surface area contributed by atoms with Crippen molar-refractivity contribution in [1.29, 1.82) is 0 Å². The average molecular weight is 417 g/mol. The molecule has 0 heterocycles. The van der Waals surface area contributed by atoms with E-state index in [1.807, 2.05) is 0 Å². The van der Waals surface area contributed by atoms with Gasteiger partial charge in [-0.3, -0.25) is 0 Å². The SMILES string of the molecule is ClC(Br)CCCc1cccc(CCCC(Cl)Br)c1. The van der Waals surface area contributed by atoms with Gasteiger partial charge in [-0.1, -0.05) is 56.1 Å². The van der Waals surface area contributed by atoms with Crippen LogP contribution in [0.1, 0.15) is 36.8 Å². The van der Waals surface area contributed by atoms with Crippen LogP contribution in [0.3, 0.4) is 0 Å². The Labute approximate surface area is 137 Å². The van der Waals surface area contributed by atoms with E-state index in [1.54, 1.807) is 0 Å². The molecule has 0 spiro atoms. The fourth-order valence-electron chi connectivity index (χ4n) is 1.86. The van der Waals surface area contributed by atoms with Crippen LogP contribution in [0, 0.1) is 0 Å². The Kier molecular flexibility index (Phi) is 9.00. The van der Waals surface area contributed by atoms with E-state index in [9.17, 15) is 0 Å². The van der Waals surface area contributed by atoms with Crippen molar-refractivity contribution in [1.82, 2.24) is 0 Å². The number of halogens is 4. The summed E-state index contributed by atoms with van der Waals surface area (Å²) in [7, 11) is 0. The smallest absolute Gasteiger partial charge is 0.0886 e. The van der Waals surface area contributed by atoms with Crippen molar-refractivity contribution >= 4 is 55.1 Å². The van der Waals surface area contributed by atoms with E-state index >= 15 is 0 Å². The fourth-order valence-corrected chi connectivity index (χ4v) is 2.82. The topological polar surface area (TPSA) is 0 Å². The van der Waals surface area contributed by atoms with Gasteiger partial charge in [0.25, 0.3) is 0 Å². The van der Waals surface area contributed by atoms with E-state index in [4.69, 9.17) is 23.2 Å². The molecule has 0 bridgehead atoms. The third-order valence-corrected chi connectivity index (χ3v) is 4.12. The summed E-state index contributed by atoms with van der Waals surface area (Å²) in [6.07, 6.45) is 6.44. The van der Waals surface area contributed by atoms with E-state index in [1.165, 1.54) is 11.1 Å². The summed E-state index contributed by atoms with van der Waals surface area (Å²) in [5.41, 5.74) is 2.80. The summed E-state index contributed by atoms with van der Waals surface area (Å²) in [6, 6.07) is 8.82. The van der Waals surface area contributed by atoms with Gasteiger partial charge in [0.05, 0.1) is 8.57 Å². The molecule has 4 heteroatoms. The first-order valence-corrected chi connectivity index (χ1v) is 8.92. The molecule has 0 saturated carbocycles. The summed E-state index contributed by atoms with van der Waals surface area (Å²) in [6.45, 7) is 0. The Morgan fingerprint density at radius 1 is 0.889 bits per heavy atom. The molecule has 1 aromatic carbocycles. The maximum Gasteiger partial charge on any atom is 0.0886 e. The van der Waals surface area contributed by atoms with Gasteiger partial charge in [-0.15, -0.1) is 23.2 Å². The van der Waals surface area contributed by atoms with E-state index in [0.717, 1.165) is 38.5 Å². The molecule has 1 aromatic rings. The van der Waals surface area contributed by atoms with Crippen molar-refractivity contribution < 1.29 is 0 Å². The zero-order valence-electron chi connectivity index (χ0n) is 10.2. The van der Waals surface area contributed by atoms with Gasteiger partial charge in [0.15, 0.2) is 0 Å². The molecule has 0 fully saturated rings. The normalized spacial score (nSPS) is 14.4. The second-order valence-electron chi connectivity index (χ2n) is 4.39. The van der Waals surface area contributed by atoms with Crippen LogP contribution in [0.2, 0.25) is 0 Å². The molecule has 0 saturated heterocycles. The van der Waals surface area contributed by atoms with E-state index in [0.29, 0.717) is 0 Å².